The maximum Gasteiger partial charge on any atom is 0.338 e. The predicted molar refractivity (Wildman–Crippen MR) is 107 cm³/mol. The Labute approximate surface area is 168 Å². The first-order valence-corrected chi connectivity index (χ1v) is 10.0. The van der Waals surface area contributed by atoms with Gasteiger partial charge in [0, 0.05) is 7.11 Å². The number of methoxy groups -OCH3 is 1. The van der Waals surface area contributed by atoms with E-state index in [1.54, 1.807) is 18.9 Å². The van der Waals surface area contributed by atoms with Crippen molar-refractivity contribution in [3.8, 4) is 5.75 Å². The van der Waals surface area contributed by atoms with Crippen LogP contribution in [0.15, 0.2) is 40.5 Å². The molecule has 0 saturated carbocycles. The first kappa shape index (κ1) is 20.4. The van der Waals surface area contributed by atoms with E-state index in [-0.39, 0.29) is 17.8 Å². The van der Waals surface area contributed by atoms with Crippen LogP contribution in [0.5, 0.6) is 5.75 Å². The minimum atomic E-state index is -0.580. The predicted octanol–water partition coefficient (Wildman–Crippen LogP) is 2.92. The number of aliphatic imine (C=N–C) groups is 1. The van der Waals surface area contributed by atoms with Crippen LogP contribution in [0.3, 0.4) is 0 Å². The van der Waals surface area contributed by atoms with Crippen molar-refractivity contribution in [2.24, 2.45) is 4.99 Å². The van der Waals surface area contributed by atoms with Gasteiger partial charge in [-0.1, -0.05) is 23.9 Å². The molecule has 0 aliphatic carbocycles. The zero-order chi connectivity index (χ0) is 20.3. The number of amidine groups is 1. The van der Waals surface area contributed by atoms with Gasteiger partial charge in [0.2, 0.25) is 5.91 Å². The number of esters is 1. The van der Waals surface area contributed by atoms with Crippen molar-refractivity contribution in [3.63, 3.8) is 0 Å². The minimum absolute atomic E-state index is 0.0719. The fourth-order valence-corrected chi connectivity index (χ4v) is 4.22. The first-order chi connectivity index (χ1) is 13.5. The number of ether oxygens (including phenoxy) is 3. The summed E-state index contributed by atoms with van der Waals surface area (Å²) in [7, 11) is 1.54. The molecule has 3 rings (SSSR count). The Kier molecular flexibility index (Phi) is 6.41. The van der Waals surface area contributed by atoms with Crippen LogP contribution in [-0.4, -0.2) is 54.1 Å². The van der Waals surface area contributed by atoms with E-state index in [1.807, 2.05) is 38.1 Å². The molecular weight excluding hydrogens is 380 g/mol. The van der Waals surface area contributed by atoms with Crippen LogP contribution in [-0.2, 0) is 19.1 Å². The Morgan fingerprint density at radius 1 is 1.25 bits per heavy atom. The van der Waals surface area contributed by atoms with Gasteiger partial charge in [-0.05, 0) is 38.5 Å². The number of carbonyl (C=O) groups is 2. The van der Waals surface area contributed by atoms with Gasteiger partial charge in [-0.2, -0.15) is 0 Å². The van der Waals surface area contributed by atoms with Gasteiger partial charge in [0.25, 0.3) is 0 Å². The SMILES string of the molecule is CCOc1ccc([C@H]2C(C(=O)OCCOC)=C(C)N=C3S[C@H](C)C(=O)N32)cc1. The molecule has 2 aliphatic rings. The van der Waals surface area contributed by atoms with Crippen molar-refractivity contribution >= 4 is 28.8 Å². The molecule has 1 saturated heterocycles. The average molecular weight is 404 g/mol. The van der Waals surface area contributed by atoms with Gasteiger partial charge in [0.1, 0.15) is 12.4 Å². The molecule has 0 radical (unpaired) electrons. The lowest BCUT2D eigenvalue weighted by Gasteiger charge is -2.33. The van der Waals surface area contributed by atoms with E-state index in [0.29, 0.717) is 29.7 Å². The largest absolute Gasteiger partial charge is 0.494 e. The fraction of sp³-hybridized carbons (Fsp3) is 0.450. The number of fused-ring (bicyclic) bond motifs is 1. The molecule has 0 unspecified atom stereocenters. The van der Waals surface area contributed by atoms with Crippen LogP contribution in [0.25, 0.3) is 0 Å². The fourth-order valence-electron chi connectivity index (χ4n) is 3.19. The second-order valence-corrected chi connectivity index (χ2v) is 7.70. The van der Waals surface area contributed by atoms with Crippen molar-refractivity contribution in [2.45, 2.75) is 32.1 Å². The molecule has 1 amide bonds. The highest BCUT2D eigenvalue weighted by molar-refractivity contribution is 8.15. The second-order valence-electron chi connectivity index (χ2n) is 6.40. The molecule has 2 aliphatic heterocycles. The summed E-state index contributed by atoms with van der Waals surface area (Å²) in [6.45, 7) is 6.53. The Morgan fingerprint density at radius 3 is 2.61 bits per heavy atom. The summed E-state index contributed by atoms with van der Waals surface area (Å²) in [6.07, 6.45) is 0. The van der Waals surface area contributed by atoms with Gasteiger partial charge >= 0.3 is 5.97 Å². The summed E-state index contributed by atoms with van der Waals surface area (Å²) in [6, 6.07) is 6.84. The third-order valence-electron chi connectivity index (χ3n) is 4.51. The highest BCUT2D eigenvalue weighted by atomic mass is 32.2. The Morgan fingerprint density at radius 2 is 1.96 bits per heavy atom. The highest BCUT2D eigenvalue weighted by Gasteiger charge is 2.46. The maximum absolute atomic E-state index is 12.8. The lowest BCUT2D eigenvalue weighted by atomic mass is 9.94. The third-order valence-corrected chi connectivity index (χ3v) is 5.56. The van der Waals surface area contributed by atoms with Gasteiger partial charge in [-0.3, -0.25) is 9.69 Å². The summed E-state index contributed by atoms with van der Waals surface area (Å²) >= 11 is 1.40. The van der Waals surface area contributed by atoms with E-state index >= 15 is 0 Å². The quantitative estimate of drug-likeness (QED) is 0.514. The number of rotatable bonds is 7. The Bertz CT molecular complexity index is 818. The molecule has 0 bridgehead atoms. The van der Waals surface area contributed by atoms with Crippen LogP contribution in [0.1, 0.15) is 32.4 Å². The van der Waals surface area contributed by atoms with Gasteiger partial charge < -0.3 is 14.2 Å². The minimum Gasteiger partial charge on any atom is -0.494 e. The number of nitrogens with zero attached hydrogens (tertiary/aromatic N) is 2. The molecule has 28 heavy (non-hydrogen) atoms. The molecule has 8 heteroatoms. The molecule has 1 aromatic carbocycles. The summed E-state index contributed by atoms with van der Waals surface area (Å²) in [5.41, 5.74) is 1.73. The van der Waals surface area contributed by atoms with Gasteiger partial charge in [-0.15, -0.1) is 0 Å². The van der Waals surface area contributed by atoms with E-state index in [2.05, 4.69) is 4.99 Å². The number of amides is 1. The van der Waals surface area contributed by atoms with E-state index in [4.69, 9.17) is 14.2 Å². The van der Waals surface area contributed by atoms with E-state index < -0.39 is 12.0 Å². The standard InChI is InChI=1S/C20H24N2O5S/c1-5-26-15-8-6-14(7-9-15)17-16(19(24)27-11-10-25-4)12(2)21-20-22(17)18(23)13(3)28-20/h6-9,13,17H,5,10-11H2,1-4H3/t13-,17+/m1/s1. The maximum atomic E-state index is 12.8. The Balaban J connectivity index is 2.00. The monoisotopic (exact) mass is 404 g/mol. The topological polar surface area (TPSA) is 77.4 Å². The second kappa shape index (κ2) is 8.79. The molecule has 0 aromatic heterocycles. The molecule has 2 heterocycles. The first-order valence-electron chi connectivity index (χ1n) is 9.16. The van der Waals surface area contributed by atoms with Crippen molar-refractivity contribution in [3.05, 3.63) is 41.1 Å². The molecule has 7 nitrogen and oxygen atoms in total. The molecule has 0 N–H and O–H groups in total. The smallest absolute Gasteiger partial charge is 0.338 e. The van der Waals surface area contributed by atoms with Crippen LogP contribution in [0.4, 0.5) is 0 Å². The van der Waals surface area contributed by atoms with E-state index in [9.17, 15) is 9.59 Å². The summed E-state index contributed by atoms with van der Waals surface area (Å²) < 4.78 is 15.8. The van der Waals surface area contributed by atoms with Gasteiger partial charge in [0.15, 0.2) is 5.17 Å². The summed E-state index contributed by atoms with van der Waals surface area (Å²) in [5, 5.41) is 0.364. The third kappa shape index (κ3) is 3.93. The van der Waals surface area contributed by atoms with Crippen LogP contribution in [0, 0.1) is 0 Å². The van der Waals surface area contributed by atoms with Gasteiger partial charge in [-0.25, -0.2) is 9.79 Å². The van der Waals surface area contributed by atoms with E-state index in [0.717, 1.165) is 11.3 Å². The van der Waals surface area contributed by atoms with Gasteiger partial charge in [0.05, 0.1) is 35.8 Å². The van der Waals surface area contributed by atoms with Crippen molar-refractivity contribution in [1.82, 2.24) is 4.90 Å². The van der Waals surface area contributed by atoms with Crippen molar-refractivity contribution in [2.75, 3.05) is 26.9 Å². The molecular formula is C20H24N2O5S. The number of thioether (sulfide) groups is 1. The Hall–Kier alpha value is -2.32. The van der Waals surface area contributed by atoms with Crippen LogP contribution in [0.2, 0.25) is 0 Å². The lowest BCUT2D eigenvalue weighted by Crippen LogP contribution is -2.40. The summed E-state index contributed by atoms with van der Waals surface area (Å²) in [5.74, 6) is 0.169. The normalized spacial score (nSPS) is 21.5. The van der Waals surface area contributed by atoms with Crippen LogP contribution >= 0.6 is 11.8 Å². The molecule has 0 spiro atoms. The molecule has 1 fully saturated rings. The highest BCUT2D eigenvalue weighted by Crippen LogP contribution is 2.43. The number of benzene rings is 1. The molecule has 1 aromatic rings. The zero-order valence-corrected chi connectivity index (χ0v) is 17.2. The number of hydrogen-bond donors (Lipinski definition) is 0. The number of hydrogen-bond acceptors (Lipinski definition) is 7. The van der Waals surface area contributed by atoms with Crippen molar-refractivity contribution < 1.29 is 23.8 Å². The average Bonchev–Trinajstić information content (AvgIpc) is 2.95. The lowest BCUT2D eigenvalue weighted by molar-refractivity contribution is -0.141. The van der Waals surface area contributed by atoms with E-state index in [1.165, 1.54) is 11.8 Å². The van der Waals surface area contributed by atoms with Crippen LogP contribution < -0.4 is 4.74 Å². The molecule has 2 atom stereocenters. The number of carbonyl (C=O) groups excluding carboxylic acids is 2. The summed E-state index contributed by atoms with van der Waals surface area (Å²) in [4.78, 5) is 31.8. The number of allylic oxidation sites excluding steroid dienone is 1. The zero-order valence-electron chi connectivity index (χ0n) is 16.4. The van der Waals surface area contributed by atoms with Crippen molar-refractivity contribution in [1.29, 1.82) is 0 Å². The molecule has 150 valence electrons.